The fraction of sp³-hybridized carbons (Fsp3) is 0.0244. The zero-order valence-corrected chi connectivity index (χ0v) is 32.3. The molecule has 53 heavy (non-hydrogen) atoms. The van der Waals surface area contributed by atoms with Crippen LogP contribution in [0.3, 0.4) is 0 Å². The van der Waals surface area contributed by atoms with Crippen molar-refractivity contribution in [3.63, 3.8) is 0 Å². The van der Waals surface area contributed by atoms with Crippen LogP contribution in [-0.4, -0.2) is 44.2 Å². The maximum atomic E-state index is 4.81. The fourth-order valence-corrected chi connectivity index (χ4v) is 14.0. The first kappa shape index (κ1) is 36.2. The number of halogens is 3. The van der Waals surface area contributed by atoms with Crippen LogP contribution in [-0.2, 0) is 17.1 Å². The summed E-state index contributed by atoms with van der Waals surface area (Å²) in [5.41, 5.74) is 7.86. The third-order valence-electron chi connectivity index (χ3n) is 7.39. The molecule has 7 aromatic heterocycles. The Labute approximate surface area is 324 Å². The quantitative estimate of drug-likeness (QED) is 0.139. The van der Waals surface area contributed by atoms with Crippen molar-refractivity contribution < 1.29 is 17.1 Å². The summed E-state index contributed by atoms with van der Waals surface area (Å²) in [7, 11) is 0. The van der Waals surface area contributed by atoms with Crippen molar-refractivity contribution in [3.05, 3.63) is 169 Å². The standard InChI is InChI=1S/C20H14N4.4C5H4N.CHCl3.Au/c1-2-14-10-16-5-6-18(23-16)12-20-8-7-19(24-20)11-17-4-3-15(22-17)9-13(1)21-14;4*1-2-4-6-5-3-1;2-1(3)4;/h1-12,21,24H;4*1-4H;1H;. The van der Waals surface area contributed by atoms with Gasteiger partial charge in [0.05, 0.1) is 22.8 Å². The van der Waals surface area contributed by atoms with E-state index in [2.05, 4.69) is 68.5 Å². The van der Waals surface area contributed by atoms with Crippen LogP contribution >= 0.6 is 34.8 Å². The number of H-pyrrole nitrogens is 2. The van der Waals surface area contributed by atoms with E-state index in [1.54, 1.807) is 0 Å². The number of nitrogens with one attached hydrogen (secondary N) is 2. The Kier molecular flexibility index (Phi) is 11.7. The van der Waals surface area contributed by atoms with E-state index in [1.165, 1.54) is 0 Å². The van der Waals surface area contributed by atoms with Gasteiger partial charge in [-0.3, -0.25) is 0 Å². The normalized spacial score (nSPS) is 12.0. The first-order valence-electron chi connectivity index (χ1n) is 16.2. The second-order valence-electron chi connectivity index (χ2n) is 11.1. The monoisotopic (exact) mass is 937 g/mol. The van der Waals surface area contributed by atoms with Gasteiger partial charge >= 0.3 is 150 Å². The summed E-state index contributed by atoms with van der Waals surface area (Å²) in [6, 6.07) is 40.5. The molecule has 2 N–H and O–H groups in total. The van der Waals surface area contributed by atoms with E-state index in [9.17, 15) is 0 Å². The van der Waals surface area contributed by atoms with Gasteiger partial charge in [-0.15, -0.1) is 0 Å². The molecule has 0 saturated heterocycles. The van der Waals surface area contributed by atoms with Crippen molar-refractivity contribution in [2.45, 2.75) is 4.30 Å². The van der Waals surface area contributed by atoms with Crippen molar-refractivity contribution in [2.75, 3.05) is 0 Å². The first-order chi connectivity index (χ1) is 26.0. The van der Waals surface area contributed by atoms with Crippen LogP contribution in [0.25, 0.3) is 46.4 Å². The van der Waals surface area contributed by atoms with E-state index >= 15 is 0 Å². The summed E-state index contributed by atoms with van der Waals surface area (Å²) < 4.78 is 3.30. The van der Waals surface area contributed by atoms with Gasteiger partial charge in [-0.05, 0) is 72.8 Å². The van der Waals surface area contributed by atoms with Gasteiger partial charge in [0.1, 0.15) is 0 Å². The van der Waals surface area contributed by atoms with Gasteiger partial charge in [0, 0.05) is 22.1 Å². The third kappa shape index (κ3) is 8.89. The predicted octanol–water partition coefficient (Wildman–Crippen LogP) is 7.66. The van der Waals surface area contributed by atoms with Crippen molar-refractivity contribution >= 4 is 96.8 Å². The summed E-state index contributed by atoms with van der Waals surface area (Å²) in [6.07, 6.45) is 15.4. The van der Waals surface area contributed by atoms with E-state index in [-0.39, 0.29) is 0 Å². The molecule has 8 bridgehead atoms. The van der Waals surface area contributed by atoms with Crippen LogP contribution in [0.2, 0.25) is 0 Å². The van der Waals surface area contributed by atoms with E-state index in [1.807, 2.05) is 122 Å². The van der Waals surface area contributed by atoms with Gasteiger partial charge in [0.2, 0.25) is 0 Å². The molecule has 0 spiro atoms. The van der Waals surface area contributed by atoms with Gasteiger partial charge < -0.3 is 9.97 Å². The average Bonchev–Trinajstić information content (AvgIpc) is 4.01. The molecule has 0 saturated carbocycles. The number of aromatic nitrogens is 8. The molecule has 267 valence electrons. The minimum absolute atomic E-state index is 0.750. The summed E-state index contributed by atoms with van der Waals surface area (Å²) >= 11 is 11.2. The van der Waals surface area contributed by atoms with E-state index in [4.69, 9.17) is 54.7 Å². The molecular weight excluding hydrogens is 908 g/mol. The number of pyridine rings is 4. The molecule has 7 aromatic rings. The average molecular weight is 939 g/mol. The molecule has 8 nitrogen and oxygen atoms in total. The zero-order valence-electron chi connectivity index (χ0n) is 27.9. The Bertz CT molecular complexity index is 2170. The van der Waals surface area contributed by atoms with Gasteiger partial charge in [0.15, 0.2) is 4.30 Å². The number of hydrogen-bond donors (Lipinski definition) is 2. The second kappa shape index (κ2) is 17.1. The number of alkyl halides is 3. The molecule has 0 atom stereocenters. The zero-order chi connectivity index (χ0) is 36.5. The van der Waals surface area contributed by atoms with Crippen LogP contribution in [0.5, 0.6) is 0 Å². The molecule has 0 aliphatic carbocycles. The summed E-state index contributed by atoms with van der Waals surface area (Å²) in [5, 5.41) is 0. The maximum absolute atomic E-state index is 4.81. The Hall–Kier alpha value is -5.19. The molecule has 0 amide bonds. The van der Waals surface area contributed by atoms with Crippen LogP contribution in [0.1, 0.15) is 22.8 Å². The molecule has 0 fully saturated rings. The van der Waals surface area contributed by atoms with E-state index in [0.717, 1.165) is 60.5 Å². The number of hydrogen-bond acceptors (Lipinski definition) is 6. The Morgan fingerprint density at radius 3 is 0.887 bits per heavy atom. The third-order valence-corrected chi connectivity index (χ3v) is 16.6. The summed E-state index contributed by atoms with van der Waals surface area (Å²) in [5.74, 6) is 0. The van der Waals surface area contributed by atoms with Crippen LogP contribution in [0.4, 0.5) is 0 Å². The molecule has 0 unspecified atom stereocenters. The minimum atomic E-state index is -3.24. The van der Waals surface area contributed by atoms with E-state index in [0.29, 0.717) is 0 Å². The SMILES string of the molecule is C1=Cc2cc3ccc(cc4nc(cc5ccc(cc1n2)[nH]5)C=C4)[nH]3.ClC(Cl)Cl.c1cc[c]([Au]([c]2ccccn2)([c]2ccccn2)[c]2ccccn2)nc1. The first-order valence-corrected chi connectivity index (χ1v) is 21.8. The van der Waals surface area contributed by atoms with Gasteiger partial charge in [-0.2, -0.15) is 0 Å². The van der Waals surface area contributed by atoms with Gasteiger partial charge in [-0.25, -0.2) is 9.97 Å². The Morgan fingerprint density at radius 1 is 0.396 bits per heavy atom. The molecule has 2 aliphatic rings. The molecule has 12 heteroatoms. The molecular formula is C41H31AuCl3N8. The second-order valence-corrected chi connectivity index (χ2v) is 20.7. The van der Waals surface area contributed by atoms with Crippen molar-refractivity contribution in [1.82, 2.24) is 39.9 Å². The van der Waals surface area contributed by atoms with Crippen LogP contribution < -0.4 is 15.6 Å². The van der Waals surface area contributed by atoms with Crippen LogP contribution in [0.15, 0.2) is 146 Å². The number of fused-ring (bicyclic) bond motifs is 8. The summed E-state index contributed by atoms with van der Waals surface area (Å²) in [4.78, 5) is 35.0. The Morgan fingerprint density at radius 2 is 0.660 bits per heavy atom. The van der Waals surface area contributed by atoms with Crippen molar-refractivity contribution in [2.24, 2.45) is 0 Å². The molecule has 9 heterocycles. The number of nitrogens with zero attached hydrogens (tertiary/aromatic N) is 6. The molecule has 0 aromatic carbocycles. The topological polar surface area (TPSA) is 109 Å². The fourth-order valence-electron chi connectivity index (χ4n) is 5.27. The predicted molar refractivity (Wildman–Crippen MR) is 216 cm³/mol. The van der Waals surface area contributed by atoms with Gasteiger partial charge in [-0.1, -0.05) is 34.8 Å². The molecule has 9 rings (SSSR count). The van der Waals surface area contributed by atoms with E-state index < -0.39 is 21.4 Å². The molecule has 0 radical (unpaired) electrons. The van der Waals surface area contributed by atoms with Gasteiger partial charge in [0.25, 0.3) is 0 Å². The van der Waals surface area contributed by atoms with Crippen molar-refractivity contribution in [1.29, 1.82) is 0 Å². The molecule has 2 aliphatic heterocycles. The summed E-state index contributed by atoms with van der Waals surface area (Å²) in [6.45, 7) is 0. The number of rotatable bonds is 4. The Balaban J connectivity index is 0.000000149. The number of aromatic amines is 2. The van der Waals surface area contributed by atoms with Crippen LogP contribution in [0, 0.1) is 0 Å². The van der Waals surface area contributed by atoms with Crippen molar-refractivity contribution in [3.8, 4) is 0 Å².